The van der Waals surface area contributed by atoms with Gasteiger partial charge in [0.05, 0.1) is 16.6 Å². The normalized spacial score (nSPS) is 15.7. The maximum absolute atomic E-state index is 12.4. The standard InChI is InChI=1S/C19H15ClN4O2S/c20-12-5-6-16-15(9-12)23-19(26)17(27-16)11-18(25)22-13-3-1-4-14(10-13)24-8-2-7-21-24/h1-10,17H,11H2,(H,22,25)(H,23,26). The molecule has 6 nitrogen and oxygen atoms in total. The van der Waals surface area contributed by atoms with Gasteiger partial charge in [-0.25, -0.2) is 4.68 Å². The van der Waals surface area contributed by atoms with E-state index in [0.717, 1.165) is 10.6 Å². The predicted molar refractivity (Wildman–Crippen MR) is 107 cm³/mol. The second-order valence-electron chi connectivity index (χ2n) is 5.99. The number of fused-ring (bicyclic) bond motifs is 1. The molecule has 0 aliphatic carbocycles. The van der Waals surface area contributed by atoms with E-state index in [2.05, 4.69) is 15.7 Å². The zero-order valence-electron chi connectivity index (χ0n) is 14.1. The van der Waals surface area contributed by atoms with Gasteiger partial charge >= 0.3 is 0 Å². The summed E-state index contributed by atoms with van der Waals surface area (Å²) in [4.78, 5) is 25.6. The zero-order valence-corrected chi connectivity index (χ0v) is 15.6. The van der Waals surface area contributed by atoms with E-state index < -0.39 is 5.25 Å². The lowest BCUT2D eigenvalue weighted by atomic mass is 10.2. The lowest BCUT2D eigenvalue weighted by Crippen LogP contribution is -2.32. The number of amides is 2. The summed E-state index contributed by atoms with van der Waals surface area (Å²) in [6.45, 7) is 0. The third-order valence-corrected chi connectivity index (χ3v) is 5.54. The first-order valence-corrected chi connectivity index (χ1v) is 9.51. The van der Waals surface area contributed by atoms with Gasteiger partial charge in [0.1, 0.15) is 0 Å². The van der Waals surface area contributed by atoms with E-state index in [-0.39, 0.29) is 18.2 Å². The Morgan fingerprint density at radius 2 is 2.15 bits per heavy atom. The van der Waals surface area contributed by atoms with Gasteiger partial charge in [0.15, 0.2) is 0 Å². The first-order valence-electron chi connectivity index (χ1n) is 8.25. The van der Waals surface area contributed by atoms with E-state index in [4.69, 9.17) is 11.6 Å². The summed E-state index contributed by atoms with van der Waals surface area (Å²) < 4.78 is 1.71. The maximum atomic E-state index is 12.4. The highest BCUT2D eigenvalue weighted by molar-refractivity contribution is 8.01. The fourth-order valence-electron chi connectivity index (χ4n) is 2.79. The molecule has 0 saturated heterocycles. The Balaban J connectivity index is 1.43. The smallest absolute Gasteiger partial charge is 0.238 e. The van der Waals surface area contributed by atoms with Crippen molar-refractivity contribution in [3.05, 3.63) is 65.9 Å². The Hall–Kier alpha value is -2.77. The van der Waals surface area contributed by atoms with E-state index in [0.29, 0.717) is 16.4 Å². The Morgan fingerprint density at radius 1 is 1.26 bits per heavy atom. The molecule has 2 aromatic carbocycles. The van der Waals surface area contributed by atoms with Crippen molar-refractivity contribution >= 4 is 46.6 Å². The van der Waals surface area contributed by atoms with Crippen molar-refractivity contribution in [2.45, 2.75) is 16.6 Å². The van der Waals surface area contributed by atoms with Gasteiger partial charge in [0.25, 0.3) is 0 Å². The number of carbonyl (C=O) groups excluding carboxylic acids is 2. The van der Waals surface area contributed by atoms with Gasteiger partial charge in [0, 0.05) is 34.4 Å². The summed E-state index contributed by atoms with van der Waals surface area (Å²) in [7, 11) is 0. The van der Waals surface area contributed by atoms with E-state index in [1.807, 2.05) is 36.5 Å². The molecule has 27 heavy (non-hydrogen) atoms. The topological polar surface area (TPSA) is 76.0 Å². The van der Waals surface area contributed by atoms with Crippen molar-refractivity contribution in [2.24, 2.45) is 0 Å². The minimum atomic E-state index is -0.493. The Morgan fingerprint density at radius 3 is 2.96 bits per heavy atom. The number of carbonyl (C=O) groups is 2. The average Bonchev–Trinajstić information content (AvgIpc) is 3.17. The van der Waals surface area contributed by atoms with Crippen molar-refractivity contribution in [1.29, 1.82) is 0 Å². The van der Waals surface area contributed by atoms with Crippen LogP contribution in [0.2, 0.25) is 5.02 Å². The van der Waals surface area contributed by atoms with Gasteiger partial charge in [-0.1, -0.05) is 17.7 Å². The predicted octanol–water partition coefficient (Wildman–Crippen LogP) is 3.97. The molecule has 0 spiro atoms. The van der Waals surface area contributed by atoms with E-state index in [1.165, 1.54) is 11.8 Å². The minimum absolute atomic E-state index is 0.0740. The summed E-state index contributed by atoms with van der Waals surface area (Å²) in [5.41, 5.74) is 2.18. The number of nitrogens with one attached hydrogen (secondary N) is 2. The molecule has 1 unspecified atom stereocenters. The number of benzene rings is 2. The van der Waals surface area contributed by atoms with Crippen LogP contribution < -0.4 is 10.6 Å². The molecule has 0 bridgehead atoms. The van der Waals surface area contributed by atoms with Gasteiger partial charge in [0.2, 0.25) is 11.8 Å². The molecule has 2 heterocycles. The van der Waals surface area contributed by atoms with Crippen LogP contribution in [0.25, 0.3) is 5.69 Å². The first-order chi connectivity index (χ1) is 13.1. The molecular weight excluding hydrogens is 384 g/mol. The number of nitrogens with zero attached hydrogens (tertiary/aromatic N) is 2. The Kier molecular flexibility index (Phi) is 4.87. The van der Waals surface area contributed by atoms with E-state index in [9.17, 15) is 9.59 Å². The summed E-state index contributed by atoms with van der Waals surface area (Å²) in [5, 5.41) is 9.90. The number of hydrogen-bond acceptors (Lipinski definition) is 4. The molecule has 0 fully saturated rings. The SMILES string of the molecule is O=C(CC1Sc2ccc(Cl)cc2NC1=O)Nc1cccc(-n2cccn2)c1. The van der Waals surface area contributed by atoms with Crippen molar-refractivity contribution in [1.82, 2.24) is 9.78 Å². The molecule has 0 radical (unpaired) electrons. The summed E-state index contributed by atoms with van der Waals surface area (Å²) >= 11 is 7.32. The molecule has 1 aromatic heterocycles. The van der Waals surface area contributed by atoms with Crippen LogP contribution in [0.5, 0.6) is 0 Å². The zero-order chi connectivity index (χ0) is 18.8. The molecule has 1 aliphatic heterocycles. The van der Waals surface area contributed by atoms with Crippen LogP contribution >= 0.6 is 23.4 Å². The summed E-state index contributed by atoms with van der Waals surface area (Å²) in [6.07, 6.45) is 3.59. The van der Waals surface area contributed by atoms with Crippen LogP contribution in [0, 0.1) is 0 Å². The second kappa shape index (κ2) is 7.46. The van der Waals surface area contributed by atoms with Crippen LogP contribution in [0.3, 0.4) is 0 Å². The van der Waals surface area contributed by atoms with Gasteiger partial charge in [-0.2, -0.15) is 5.10 Å². The van der Waals surface area contributed by atoms with Gasteiger partial charge in [-0.15, -0.1) is 11.8 Å². The number of thioether (sulfide) groups is 1. The van der Waals surface area contributed by atoms with Crippen LogP contribution in [0.1, 0.15) is 6.42 Å². The first kappa shape index (κ1) is 17.6. The fourth-order valence-corrected chi connectivity index (χ4v) is 4.05. The van der Waals surface area contributed by atoms with Crippen LogP contribution in [0.4, 0.5) is 11.4 Å². The van der Waals surface area contributed by atoms with Crippen molar-refractivity contribution < 1.29 is 9.59 Å². The van der Waals surface area contributed by atoms with E-state index in [1.54, 1.807) is 29.1 Å². The van der Waals surface area contributed by atoms with Gasteiger partial charge in [-0.05, 0) is 42.5 Å². The molecule has 136 valence electrons. The van der Waals surface area contributed by atoms with Gasteiger partial charge in [-0.3, -0.25) is 9.59 Å². The second-order valence-corrected chi connectivity index (χ2v) is 7.67. The molecule has 2 amide bonds. The van der Waals surface area contributed by atoms with Crippen molar-refractivity contribution in [3.63, 3.8) is 0 Å². The quantitative estimate of drug-likeness (QED) is 0.697. The number of aromatic nitrogens is 2. The van der Waals surface area contributed by atoms with Crippen LogP contribution in [-0.2, 0) is 9.59 Å². The minimum Gasteiger partial charge on any atom is -0.326 e. The van der Waals surface area contributed by atoms with Crippen molar-refractivity contribution in [3.8, 4) is 5.69 Å². The Bertz CT molecular complexity index is 1010. The number of rotatable bonds is 4. The third-order valence-electron chi connectivity index (χ3n) is 4.03. The van der Waals surface area contributed by atoms with Crippen LogP contribution in [0.15, 0.2) is 65.8 Å². The monoisotopic (exact) mass is 398 g/mol. The molecular formula is C19H15ClN4O2S. The fraction of sp³-hybridized carbons (Fsp3) is 0.105. The van der Waals surface area contributed by atoms with Gasteiger partial charge < -0.3 is 10.6 Å². The molecule has 1 atom stereocenters. The lowest BCUT2D eigenvalue weighted by Gasteiger charge is -2.23. The summed E-state index contributed by atoms with van der Waals surface area (Å²) in [6, 6.07) is 14.5. The highest BCUT2D eigenvalue weighted by Crippen LogP contribution is 2.38. The maximum Gasteiger partial charge on any atom is 0.238 e. The Labute approximate surface area is 164 Å². The molecule has 4 rings (SSSR count). The lowest BCUT2D eigenvalue weighted by molar-refractivity contribution is -0.120. The molecule has 0 saturated carbocycles. The van der Waals surface area contributed by atoms with Crippen molar-refractivity contribution in [2.75, 3.05) is 10.6 Å². The summed E-state index contributed by atoms with van der Waals surface area (Å²) in [5.74, 6) is -0.423. The third kappa shape index (κ3) is 3.99. The largest absolute Gasteiger partial charge is 0.326 e. The number of anilines is 2. The number of halogens is 1. The average molecular weight is 399 g/mol. The number of hydrogen-bond donors (Lipinski definition) is 2. The molecule has 3 aromatic rings. The highest BCUT2D eigenvalue weighted by atomic mass is 35.5. The van der Waals surface area contributed by atoms with E-state index >= 15 is 0 Å². The molecule has 8 heteroatoms. The van der Waals surface area contributed by atoms with Crippen LogP contribution in [-0.4, -0.2) is 26.8 Å². The highest BCUT2D eigenvalue weighted by Gasteiger charge is 2.29. The molecule has 2 N–H and O–H groups in total. The molecule has 1 aliphatic rings.